The van der Waals surface area contributed by atoms with Crippen molar-refractivity contribution in [2.75, 3.05) is 12.8 Å². The van der Waals surface area contributed by atoms with Crippen LogP contribution in [0.4, 0.5) is 5.95 Å². The van der Waals surface area contributed by atoms with Crippen molar-refractivity contribution in [3.63, 3.8) is 0 Å². The number of nitrogens with two attached hydrogens (primary N) is 1. The van der Waals surface area contributed by atoms with E-state index in [9.17, 15) is 0 Å². The van der Waals surface area contributed by atoms with Gasteiger partial charge in [0.05, 0.1) is 24.5 Å². The number of hydrogen-bond acceptors (Lipinski definition) is 9. The number of rotatable bonds is 4. The molecule has 0 saturated heterocycles. The molecule has 0 radical (unpaired) electrons. The fourth-order valence-corrected chi connectivity index (χ4v) is 3.63. The summed E-state index contributed by atoms with van der Waals surface area (Å²) >= 11 is 0. The third-order valence-corrected chi connectivity index (χ3v) is 5.08. The Morgan fingerprint density at radius 2 is 2.03 bits per heavy atom. The van der Waals surface area contributed by atoms with Gasteiger partial charge in [0.15, 0.2) is 17.2 Å². The Balaban J connectivity index is 1.68. The van der Waals surface area contributed by atoms with Gasteiger partial charge >= 0.3 is 0 Å². The molecule has 0 spiro atoms. The first-order chi connectivity index (χ1) is 15.7. The number of nitrogens with zero attached hydrogens (tertiary/aromatic N) is 8. The summed E-state index contributed by atoms with van der Waals surface area (Å²) in [7, 11) is 1.60. The minimum atomic E-state index is 0.0779. The molecule has 0 amide bonds. The van der Waals surface area contributed by atoms with Gasteiger partial charge in [-0.25, -0.2) is 14.5 Å². The summed E-state index contributed by atoms with van der Waals surface area (Å²) in [5.41, 5.74) is 10.2. The van der Waals surface area contributed by atoms with E-state index in [1.807, 2.05) is 36.5 Å². The molecular formula is C21H15N9O2. The van der Waals surface area contributed by atoms with Crippen molar-refractivity contribution in [3.8, 4) is 34.1 Å². The van der Waals surface area contributed by atoms with Crippen LogP contribution in [0.25, 0.3) is 45.1 Å². The van der Waals surface area contributed by atoms with Crippen LogP contribution in [0.3, 0.4) is 0 Å². The van der Waals surface area contributed by atoms with Crippen molar-refractivity contribution >= 4 is 22.6 Å². The van der Waals surface area contributed by atoms with Crippen molar-refractivity contribution in [2.45, 2.75) is 0 Å². The van der Waals surface area contributed by atoms with Gasteiger partial charge in [-0.05, 0) is 36.4 Å². The molecule has 11 heteroatoms. The van der Waals surface area contributed by atoms with E-state index in [2.05, 4.69) is 30.4 Å². The molecule has 1 aromatic carbocycles. The zero-order valence-corrected chi connectivity index (χ0v) is 16.7. The van der Waals surface area contributed by atoms with Crippen molar-refractivity contribution < 1.29 is 9.15 Å². The number of pyridine rings is 1. The van der Waals surface area contributed by atoms with Crippen molar-refractivity contribution in [1.29, 1.82) is 0 Å². The lowest BCUT2D eigenvalue weighted by Gasteiger charge is -2.14. The summed E-state index contributed by atoms with van der Waals surface area (Å²) in [4.78, 5) is 13.2. The Hall–Kier alpha value is -4.80. The van der Waals surface area contributed by atoms with Gasteiger partial charge in [0.25, 0.3) is 0 Å². The standard InChI is InChI=1S/C21H15N9O2/c1-31-13-5-6-15-14(9-13)27-28-30(15)20-18(12-4-7-17-23-11-24-29(17)10-12)19(25-21(22)26-20)16-3-2-8-32-16/h2-11H,1H3,(H2,22,25,26). The average molecular weight is 425 g/mol. The molecule has 0 aliphatic heterocycles. The normalized spacial score (nSPS) is 11.4. The maximum atomic E-state index is 6.11. The molecule has 11 nitrogen and oxygen atoms in total. The lowest BCUT2D eigenvalue weighted by atomic mass is 10.0. The largest absolute Gasteiger partial charge is 0.497 e. The molecule has 0 saturated carbocycles. The highest BCUT2D eigenvalue weighted by Gasteiger charge is 2.23. The monoisotopic (exact) mass is 425 g/mol. The van der Waals surface area contributed by atoms with Crippen LogP contribution in [0.15, 0.2) is 65.7 Å². The van der Waals surface area contributed by atoms with Gasteiger partial charge in [-0.3, -0.25) is 0 Å². The van der Waals surface area contributed by atoms with Gasteiger partial charge in [0.2, 0.25) is 5.95 Å². The van der Waals surface area contributed by atoms with E-state index in [1.165, 1.54) is 6.33 Å². The number of methoxy groups -OCH3 is 1. The topological polar surface area (TPSA) is 135 Å². The molecule has 0 aliphatic rings. The predicted molar refractivity (Wildman–Crippen MR) is 115 cm³/mol. The Morgan fingerprint density at radius 3 is 2.88 bits per heavy atom. The van der Waals surface area contributed by atoms with E-state index in [1.54, 1.807) is 34.7 Å². The molecule has 5 aromatic heterocycles. The number of nitrogen functional groups attached to an aromatic ring is 1. The summed E-state index contributed by atoms with van der Waals surface area (Å²) in [5, 5.41) is 12.9. The maximum absolute atomic E-state index is 6.11. The quantitative estimate of drug-likeness (QED) is 0.452. The lowest BCUT2D eigenvalue weighted by molar-refractivity contribution is 0.415. The second-order valence-corrected chi connectivity index (χ2v) is 6.94. The second kappa shape index (κ2) is 6.87. The zero-order chi connectivity index (χ0) is 21.7. The van der Waals surface area contributed by atoms with Crippen LogP contribution in [0.5, 0.6) is 5.75 Å². The third-order valence-electron chi connectivity index (χ3n) is 5.08. The highest BCUT2D eigenvalue weighted by molar-refractivity contribution is 5.87. The molecule has 6 aromatic rings. The van der Waals surface area contributed by atoms with Gasteiger partial charge in [-0.15, -0.1) is 5.10 Å². The summed E-state index contributed by atoms with van der Waals surface area (Å²) in [6, 6.07) is 12.9. The number of anilines is 1. The maximum Gasteiger partial charge on any atom is 0.222 e. The van der Waals surface area contributed by atoms with Gasteiger partial charge in [-0.1, -0.05) is 5.21 Å². The van der Waals surface area contributed by atoms with E-state index in [4.69, 9.17) is 14.9 Å². The number of benzene rings is 1. The highest BCUT2D eigenvalue weighted by Crippen LogP contribution is 2.36. The van der Waals surface area contributed by atoms with E-state index in [0.29, 0.717) is 39.7 Å². The number of aromatic nitrogens is 8. The van der Waals surface area contributed by atoms with Crippen LogP contribution < -0.4 is 10.5 Å². The molecule has 0 bridgehead atoms. The van der Waals surface area contributed by atoms with E-state index >= 15 is 0 Å². The molecular weight excluding hydrogens is 410 g/mol. The van der Waals surface area contributed by atoms with Crippen LogP contribution in [-0.4, -0.2) is 46.7 Å². The number of furan rings is 1. The lowest BCUT2D eigenvalue weighted by Crippen LogP contribution is -2.09. The Bertz CT molecular complexity index is 1580. The molecule has 5 heterocycles. The molecule has 32 heavy (non-hydrogen) atoms. The van der Waals surface area contributed by atoms with Gasteiger partial charge < -0.3 is 14.9 Å². The average Bonchev–Trinajstić information content (AvgIpc) is 3.58. The molecule has 0 aliphatic carbocycles. The van der Waals surface area contributed by atoms with Crippen molar-refractivity contribution in [3.05, 3.63) is 61.3 Å². The highest BCUT2D eigenvalue weighted by atomic mass is 16.5. The first kappa shape index (κ1) is 18.0. The number of fused-ring (bicyclic) bond motifs is 2. The smallest absolute Gasteiger partial charge is 0.222 e. The summed E-state index contributed by atoms with van der Waals surface area (Å²) in [6.07, 6.45) is 4.91. The Morgan fingerprint density at radius 1 is 1.09 bits per heavy atom. The predicted octanol–water partition coefficient (Wildman–Crippen LogP) is 2.77. The SMILES string of the molecule is COc1ccc2c(c1)nnn2-c1nc(N)nc(-c2ccco2)c1-c1ccc2ncnn2c1. The number of hydrogen-bond donors (Lipinski definition) is 1. The molecule has 0 fully saturated rings. The molecule has 2 N–H and O–H groups in total. The van der Waals surface area contributed by atoms with E-state index in [-0.39, 0.29) is 5.95 Å². The van der Waals surface area contributed by atoms with Gasteiger partial charge in [-0.2, -0.15) is 14.8 Å². The van der Waals surface area contributed by atoms with E-state index < -0.39 is 0 Å². The summed E-state index contributed by atoms with van der Waals surface area (Å²) in [5.74, 6) is 1.75. The Labute approximate surface area is 180 Å². The molecule has 0 atom stereocenters. The molecule has 6 rings (SSSR count). The molecule has 0 unspecified atom stereocenters. The first-order valence-corrected chi connectivity index (χ1v) is 9.62. The fourth-order valence-electron chi connectivity index (χ4n) is 3.63. The van der Waals surface area contributed by atoms with Crippen LogP contribution in [-0.2, 0) is 0 Å². The van der Waals surface area contributed by atoms with Gasteiger partial charge in [0.1, 0.15) is 23.3 Å². The summed E-state index contributed by atoms with van der Waals surface area (Å²) < 4.78 is 14.3. The minimum absolute atomic E-state index is 0.0779. The van der Waals surface area contributed by atoms with Crippen LogP contribution in [0.2, 0.25) is 0 Å². The summed E-state index contributed by atoms with van der Waals surface area (Å²) in [6.45, 7) is 0. The second-order valence-electron chi connectivity index (χ2n) is 6.94. The fraction of sp³-hybridized carbons (Fsp3) is 0.0476. The third kappa shape index (κ3) is 2.75. The van der Waals surface area contributed by atoms with Crippen molar-refractivity contribution in [1.82, 2.24) is 39.6 Å². The van der Waals surface area contributed by atoms with Gasteiger partial charge in [0, 0.05) is 17.8 Å². The Kier molecular flexibility index (Phi) is 3.87. The van der Waals surface area contributed by atoms with Crippen molar-refractivity contribution in [2.24, 2.45) is 0 Å². The van der Waals surface area contributed by atoms with E-state index in [0.717, 1.165) is 11.1 Å². The van der Waals surface area contributed by atoms with Crippen LogP contribution in [0, 0.1) is 0 Å². The van der Waals surface area contributed by atoms with Crippen LogP contribution >= 0.6 is 0 Å². The zero-order valence-electron chi connectivity index (χ0n) is 16.7. The molecule has 156 valence electrons. The minimum Gasteiger partial charge on any atom is -0.497 e. The van der Waals surface area contributed by atoms with Crippen LogP contribution in [0.1, 0.15) is 0 Å². The number of ether oxygens (including phenoxy) is 1. The first-order valence-electron chi connectivity index (χ1n) is 9.62.